The number of benzene rings is 4. The molecule has 4 heteroatoms. The Morgan fingerprint density at radius 1 is 0.514 bits per heavy atom. The molecule has 0 saturated carbocycles. The number of carbonyl (C=O) groups is 1. The monoisotopic (exact) mass is 520 g/mol. The molecular weight excluding hydrogens is 499 g/mol. The Labute approximate surface area is 226 Å². The lowest BCUT2D eigenvalue weighted by molar-refractivity contribution is -0.137. The topological polar surface area (TPSA) is 26.3 Å². The molecule has 180 valence electrons. The summed E-state index contributed by atoms with van der Waals surface area (Å²) in [5.41, 5.74) is 7.92. The third kappa shape index (κ3) is 4.13. The lowest BCUT2D eigenvalue weighted by atomic mass is 9.66. The molecule has 4 aromatic rings. The highest BCUT2D eigenvalue weighted by atomic mass is 35.5. The quantitative estimate of drug-likeness (QED) is 0.251. The van der Waals surface area contributed by atoms with Gasteiger partial charge in [-0.3, -0.25) is 4.79 Å². The van der Waals surface area contributed by atoms with Crippen molar-refractivity contribution in [1.82, 2.24) is 0 Å². The van der Waals surface area contributed by atoms with Crippen LogP contribution in [-0.4, -0.2) is 5.97 Å². The highest BCUT2D eigenvalue weighted by Crippen LogP contribution is 2.59. The van der Waals surface area contributed by atoms with Crippen LogP contribution in [0.3, 0.4) is 0 Å². The molecule has 1 fully saturated rings. The van der Waals surface area contributed by atoms with Crippen LogP contribution in [0.4, 0.5) is 0 Å². The summed E-state index contributed by atoms with van der Waals surface area (Å²) in [7, 11) is 0. The zero-order valence-corrected chi connectivity index (χ0v) is 21.3. The Hall–Kier alpha value is -3.85. The Morgan fingerprint density at radius 2 is 0.865 bits per heavy atom. The van der Waals surface area contributed by atoms with Gasteiger partial charge < -0.3 is 4.74 Å². The number of cyclic esters (lactones) is 1. The van der Waals surface area contributed by atoms with E-state index in [4.69, 9.17) is 27.9 Å². The van der Waals surface area contributed by atoms with Gasteiger partial charge in [-0.1, -0.05) is 145 Å². The van der Waals surface area contributed by atoms with E-state index in [9.17, 15) is 4.79 Å². The van der Waals surface area contributed by atoms with Gasteiger partial charge in [-0.15, -0.1) is 0 Å². The van der Waals surface area contributed by atoms with E-state index in [1.807, 2.05) is 84.9 Å². The molecule has 0 N–H and O–H groups in total. The van der Waals surface area contributed by atoms with Gasteiger partial charge in [-0.2, -0.15) is 0 Å². The Kier molecular flexibility index (Phi) is 6.30. The molecule has 0 bridgehead atoms. The zero-order chi connectivity index (χ0) is 25.4. The SMILES string of the molecule is O=C1OC(=C(Cl)Cl)C2C(c3ccccc3)=C(c3ccccc3)C(c3ccccc3)=C(c3ccccc3)C12. The largest absolute Gasteiger partial charge is 0.427 e. The number of hydrogen-bond donors (Lipinski definition) is 0. The minimum Gasteiger partial charge on any atom is -0.427 e. The van der Waals surface area contributed by atoms with Crippen LogP contribution in [0.1, 0.15) is 22.3 Å². The van der Waals surface area contributed by atoms with Crippen molar-refractivity contribution in [1.29, 1.82) is 0 Å². The molecule has 1 saturated heterocycles. The van der Waals surface area contributed by atoms with E-state index in [-0.39, 0.29) is 10.5 Å². The first-order valence-electron chi connectivity index (χ1n) is 12.1. The first kappa shape index (κ1) is 23.5. The summed E-state index contributed by atoms with van der Waals surface area (Å²) >= 11 is 12.8. The van der Waals surface area contributed by atoms with E-state index in [0.29, 0.717) is 5.76 Å². The van der Waals surface area contributed by atoms with E-state index in [0.717, 1.165) is 44.5 Å². The van der Waals surface area contributed by atoms with Crippen LogP contribution in [0.5, 0.6) is 0 Å². The van der Waals surface area contributed by atoms with Crippen molar-refractivity contribution in [3.05, 3.63) is 154 Å². The number of esters is 1. The van der Waals surface area contributed by atoms with Crippen LogP contribution in [0.2, 0.25) is 0 Å². The zero-order valence-electron chi connectivity index (χ0n) is 19.8. The fourth-order valence-electron chi connectivity index (χ4n) is 5.53. The van der Waals surface area contributed by atoms with E-state index in [2.05, 4.69) is 36.4 Å². The predicted molar refractivity (Wildman–Crippen MR) is 151 cm³/mol. The summed E-state index contributed by atoms with van der Waals surface area (Å²) in [5.74, 6) is -1.14. The van der Waals surface area contributed by atoms with Crippen LogP contribution in [0.15, 0.2) is 132 Å². The number of ether oxygens (including phenoxy) is 1. The van der Waals surface area contributed by atoms with Gasteiger partial charge in [0.15, 0.2) is 0 Å². The molecule has 1 aliphatic carbocycles. The normalized spacial score (nSPS) is 19.1. The minimum absolute atomic E-state index is 0.0303. The van der Waals surface area contributed by atoms with Gasteiger partial charge in [0.25, 0.3) is 0 Å². The standard InChI is InChI=1S/C33H22Cl2O2/c34-32(35)31-29-27(23-17-9-3-10-18-23)25(21-13-5-1-6-14-21)26(22-15-7-2-8-16-22)28(30(29)33(36)37-31)24-19-11-4-12-20-24/h1-20,29-30H. The number of halogens is 2. The van der Waals surface area contributed by atoms with E-state index in [1.165, 1.54) is 0 Å². The number of allylic oxidation sites excluding steroid dienone is 3. The van der Waals surface area contributed by atoms with Crippen molar-refractivity contribution in [2.24, 2.45) is 11.8 Å². The maximum absolute atomic E-state index is 13.7. The Morgan fingerprint density at radius 3 is 1.24 bits per heavy atom. The summed E-state index contributed by atoms with van der Waals surface area (Å²) in [6.45, 7) is 0. The molecule has 0 spiro atoms. The minimum atomic E-state index is -0.609. The van der Waals surface area contributed by atoms with Crippen LogP contribution >= 0.6 is 23.2 Å². The van der Waals surface area contributed by atoms with Crippen molar-refractivity contribution < 1.29 is 9.53 Å². The molecule has 2 unspecified atom stereocenters. The van der Waals surface area contributed by atoms with E-state index < -0.39 is 11.8 Å². The van der Waals surface area contributed by atoms with Crippen LogP contribution in [0.25, 0.3) is 22.3 Å². The first-order valence-corrected chi connectivity index (χ1v) is 12.9. The third-order valence-corrected chi connectivity index (χ3v) is 7.34. The van der Waals surface area contributed by atoms with Crippen molar-refractivity contribution in [3.63, 3.8) is 0 Å². The average Bonchev–Trinajstić information content (AvgIpc) is 3.30. The third-order valence-electron chi connectivity index (χ3n) is 6.97. The van der Waals surface area contributed by atoms with E-state index in [1.54, 1.807) is 0 Å². The lowest BCUT2D eigenvalue weighted by Crippen LogP contribution is -2.25. The summed E-state index contributed by atoms with van der Waals surface area (Å²) in [5, 5.41) is 0. The Balaban J connectivity index is 1.83. The van der Waals surface area contributed by atoms with Gasteiger partial charge in [0, 0.05) is 0 Å². The van der Waals surface area contributed by atoms with E-state index >= 15 is 0 Å². The van der Waals surface area contributed by atoms with Gasteiger partial charge in [0.2, 0.25) is 0 Å². The highest BCUT2D eigenvalue weighted by molar-refractivity contribution is 6.56. The van der Waals surface area contributed by atoms with Gasteiger partial charge in [-0.25, -0.2) is 0 Å². The number of rotatable bonds is 4. The molecule has 2 nitrogen and oxygen atoms in total. The van der Waals surface area contributed by atoms with Crippen molar-refractivity contribution >= 4 is 51.5 Å². The molecule has 2 aliphatic rings. The second-order valence-electron chi connectivity index (χ2n) is 9.04. The van der Waals surface area contributed by atoms with Crippen LogP contribution in [-0.2, 0) is 9.53 Å². The van der Waals surface area contributed by atoms with Gasteiger partial charge in [-0.05, 0) is 44.5 Å². The molecule has 4 aromatic carbocycles. The number of carbonyl (C=O) groups excluding carboxylic acids is 1. The van der Waals surface area contributed by atoms with Crippen molar-refractivity contribution in [2.75, 3.05) is 0 Å². The second-order valence-corrected chi connectivity index (χ2v) is 9.99. The van der Waals surface area contributed by atoms with Crippen molar-refractivity contribution in [2.45, 2.75) is 0 Å². The number of hydrogen-bond acceptors (Lipinski definition) is 2. The summed E-state index contributed by atoms with van der Waals surface area (Å²) in [4.78, 5) is 13.7. The molecule has 6 rings (SSSR count). The molecule has 0 radical (unpaired) electrons. The highest BCUT2D eigenvalue weighted by Gasteiger charge is 2.51. The smallest absolute Gasteiger partial charge is 0.319 e. The van der Waals surface area contributed by atoms with Crippen molar-refractivity contribution in [3.8, 4) is 0 Å². The summed E-state index contributed by atoms with van der Waals surface area (Å²) in [6.07, 6.45) is 0. The molecule has 0 aromatic heterocycles. The predicted octanol–water partition coefficient (Wildman–Crippen LogP) is 8.66. The van der Waals surface area contributed by atoms with Crippen LogP contribution in [0, 0.1) is 11.8 Å². The molecular formula is C33H22Cl2O2. The van der Waals surface area contributed by atoms with Crippen LogP contribution < -0.4 is 0 Å². The molecule has 1 aliphatic heterocycles. The molecule has 2 atom stereocenters. The number of fused-ring (bicyclic) bond motifs is 1. The molecule has 0 amide bonds. The fourth-order valence-corrected chi connectivity index (χ4v) is 5.85. The summed E-state index contributed by atoms with van der Waals surface area (Å²) < 4.78 is 5.82. The van der Waals surface area contributed by atoms with Gasteiger partial charge >= 0.3 is 5.97 Å². The maximum atomic E-state index is 13.7. The van der Waals surface area contributed by atoms with Gasteiger partial charge in [0.1, 0.15) is 10.3 Å². The first-order chi connectivity index (χ1) is 18.1. The van der Waals surface area contributed by atoms with Gasteiger partial charge in [0.05, 0.1) is 11.8 Å². The summed E-state index contributed by atoms with van der Waals surface area (Å²) in [6, 6.07) is 40.7. The second kappa shape index (κ2) is 9.89. The lowest BCUT2D eigenvalue weighted by Gasteiger charge is -2.34. The molecule has 37 heavy (non-hydrogen) atoms. The Bertz CT molecular complexity index is 1550. The molecule has 1 heterocycles. The average molecular weight is 521 g/mol. The fraction of sp³-hybridized carbons (Fsp3) is 0.0606. The maximum Gasteiger partial charge on any atom is 0.319 e.